The lowest BCUT2D eigenvalue weighted by Gasteiger charge is -2.26. The van der Waals surface area contributed by atoms with E-state index in [1.54, 1.807) is 18.2 Å². The fourth-order valence-corrected chi connectivity index (χ4v) is 2.41. The van der Waals surface area contributed by atoms with Crippen LogP contribution in [0, 0.1) is 5.92 Å². The molecule has 0 radical (unpaired) electrons. The highest BCUT2D eigenvalue weighted by Crippen LogP contribution is 2.40. The number of halogens is 4. The van der Waals surface area contributed by atoms with E-state index in [0.717, 1.165) is 5.57 Å². The number of fused-ring (bicyclic) bond motifs is 1. The van der Waals surface area contributed by atoms with Crippen molar-refractivity contribution in [3.05, 3.63) is 47.6 Å². The lowest BCUT2D eigenvalue weighted by molar-refractivity contribution is -0.314. The summed E-state index contributed by atoms with van der Waals surface area (Å²) in [6, 6.07) is 0. The Morgan fingerprint density at radius 2 is 1.91 bits per heavy atom. The van der Waals surface area contributed by atoms with Crippen LogP contribution in [0.25, 0.3) is 0 Å². The first-order valence-corrected chi connectivity index (χ1v) is 7.60. The van der Waals surface area contributed by atoms with Crippen LogP contribution in [-0.4, -0.2) is 30.9 Å². The Kier molecular flexibility index (Phi) is 4.33. The Bertz CT molecular complexity index is 674. The molecule has 0 aromatic heterocycles. The van der Waals surface area contributed by atoms with Gasteiger partial charge in [-0.25, -0.2) is 0 Å². The zero-order valence-electron chi connectivity index (χ0n) is 11.0. The van der Waals surface area contributed by atoms with Gasteiger partial charge in [-0.2, -0.15) is 26.0 Å². The third-order valence-corrected chi connectivity index (χ3v) is 4.15. The molecule has 1 unspecified atom stereocenters. The molecule has 0 saturated carbocycles. The SMILES string of the molecule is O=S(=O)(O)C(F)(F)C(F)(F)OCC1=CC=C2C=CC=CC2C1. The Morgan fingerprint density at radius 1 is 1.23 bits per heavy atom. The number of allylic oxidation sites excluding steroid dienone is 7. The first kappa shape index (κ1) is 16.9. The van der Waals surface area contributed by atoms with Crippen LogP contribution in [0.2, 0.25) is 0 Å². The molecule has 4 nitrogen and oxygen atoms in total. The van der Waals surface area contributed by atoms with Gasteiger partial charge in [0.2, 0.25) is 0 Å². The molecule has 0 amide bonds. The van der Waals surface area contributed by atoms with Gasteiger partial charge in [0.05, 0.1) is 6.61 Å². The molecule has 0 spiro atoms. The van der Waals surface area contributed by atoms with Crippen molar-refractivity contribution in [1.29, 1.82) is 0 Å². The van der Waals surface area contributed by atoms with Gasteiger partial charge in [0.1, 0.15) is 0 Å². The minimum Gasteiger partial charge on any atom is -0.310 e. The van der Waals surface area contributed by atoms with Gasteiger partial charge in [0, 0.05) is 5.92 Å². The van der Waals surface area contributed by atoms with Gasteiger partial charge in [0.25, 0.3) is 0 Å². The Balaban J connectivity index is 2.07. The smallest absolute Gasteiger partial charge is 0.310 e. The van der Waals surface area contributed by atoms with E-state index in [0.29, 0.717) is 12.0 Å². The second-order valence-corrected chi connectivity index (χ2v) is 6.31. The topological polar surface area (TPSA) is 63.6 Å². The van der Waals surface area contributed by atoms with Gasteiger partial charge in [-0.05, 0) is 17.6 Å². The number of ether oxygens (including phenoxy) is 1. The Labute approximate surface area is 124 Å². The summed E-state index contributed by atoms with van der Waals surface area (Å²) in [4.78, 5) is 0. The van der Waals surface area contributed by atoms with E-state index in [4.69, 9.17) is 4.55 Å². The van der Waals surface area contributed by atoms with Gasteiger partial charge < -0.3 is 4.74 Å². The van der Waals surface area contributed by atoms with Gasteiger partial charge in [-0.15, -0.1) is 0 Å². The van der Waals surface area contributed by atoms with Crippen LogP contribution >= 0.6 is 0 Å². The first-order valence-electron chi connectivity index (χ1n) is 6.16. The van der Waals surface area contributed by atoms with Crippen LogP contribution in [0.15, 0.2) is 47.6 Å². The number of hydrogen-bond acceptors (Lipinski definition) is 3. The van der Waals surface area contributed by atoms with Crippen molar-refractivity contribution in [3.63, 3.8) is 0 Å². The van der Waals surface area contributed by atoms with Crippen LogP contribution < -0.4 is 0 Å². The summed E-state index contributed by atoms with van der Waals surface area (Å²) < 4.78 is 85.0. The average molecular weight is 340 g/mol. The van der Waals surface area contributed by atoms with Gasteiger partial charge in [-0.1, -0.05) is 36.5 Å². The third-order valence-electron chi connectivity index (χ3n) is 3.27. The van der Waals surface area contributed by atoms with E-state index in [9.17, 15) is 26.0 Å². The molecule has 9 heteroatoms. The van der Waals surface area contributed by atoms with Crippen LogP contribution in [0.4, 0.5) is 17.6 Å². The van der Waals surface area contributed by atoms with Crippen molar-refractivity contribution in [2.45, 2.75) is 17.8 Å². The lowest BCUT2D eigenvalue weighted by atomic mass is 9.85. The van der Waals surface area contributed by atoms with Crippen molar-refractivity contribution in [2.75, 3.05) is 6.61 Å². The van der Waals surface area contributed by atoms with E-state index in [-0.39, 0.29) is 5.92 Å². The standard InChI is InChI=1S/C13H12F4O4S/c14-12(15,13(16,17)22(18,19)20)21-8-9-5-6-10-3-1-2-4-11(10)7-9/h1-6,11H,7-8H2,(H,18,19,20). The maximum atomic E-state index is 13.2. The quantitative estimate of drug-likeness (QED) is 0.617. The molecule has 0 aromatic carbocycles. The molecule has 2 aliphatic carbocycles. The Hall–Kier alpha value is -1.45. The predicted molar refractivity (Wildman–Crippen MR) is 69.9 cm³/mol. The van der Waals surface area contributed by atoms with Crippen molar-refractivity contribution in [2.24, 2.45) is 5.92 Å². The predicted octanol–water partition coefficient (Wildman–Crippen LogP) is 3.08. The summed E-state index contributed by atoms with van der Waals surface area (Å²) in [6.45, 7) is -0.879. The number of alkyl halides is 4. The fraction of sp³-hybridized carbons (Fsp3) is 0.385. The van der Waals surface area contributed by atoms with Crippen LogP contribution in [-0.2, 0) is 14.9 Å². The summed E-state index contributed by atoms with van der Waals surface area (Å²) >= 11 is 0. The molecule has 0 saturated heterocycles. The normalized spacial score (nSPS) is 22.1. The summed E-state index contributed by atoms with van der Waals surface area (Å²) in [5.74, 6) is -0.0655. The number of hydrogen-bond donors (Lipinski definition) is 1. The van der Waals surface area contributed by atoms with Gasteiger partial charge in [-0.3, -0.25) is 4.55 Å². The highest BCUT2D eigenvalue weighted by atomic mass is 32.2. The van der Waals surface area contributed by atoms with E-state index in [1.165, 1.54) is 6.08 Å². The van der Waals surface area contributed by atoms with E-state index < -0.39 is 28.1 Å². The van der Waals surface area contributed by atoms with Crippen molar-refractivity contribution >= 4 is 10.1 Å². The first-order chi connectivity index (χ1) is 10.0. The summed E-state index contributed by atoms with van der Waals surface area (Å²) in [5.41, 5.74) is 1.25. The van der Waals surface area contributed by atoms with E-state index in [1.807, 2.05) is 12.2 Å². The molecule has 1 atom stereocenters. The molecule has 0 fully saturated rings. The molecule has 2 rings (SSSR count). The molecule has 0 aromatic rings. The van der Waals surface area contributed by atoms with E-state index >= 15 is 0 Å². The molecule has 0 bridgehead atoms. The molecule has 0 aliphatic heterocycles. The zero-order valence-corrected chi connectivity index (χ0v) is 11.9. The second-order valence-electron chi connectivity index (χ2n) is 4.84. The molecule has 0 heterocycles. The van der Waals surface area contributed by atoms with Crippen LogP contribution in [0.5, 0.6) is 0 Å². The van der Waals surface area contributed by atoms with Crippen molar-refractivity contribution < 1.29 is 35.3 Å². The highest BCUT2D eigenvalue weighted by molar-refractivity contribution is 7.86. The van der Waals surface area contributed by atoms with Crippen LogP contribution in [0.1, 0.15) is 6.42 Å². The second kappa shape index (κ2) is 5.64. The summed E-state index contributed by atoms with van der Waals surface area (Å²) in [5, 5.41) is -5.72. The summed E-state index contributed by atoms with van der Waals surface area (Å²) in [7, 11) is -6.29. The summed E-state index contributed by atoms with van der Waals surface area (Å²) in [6.07, 6.45) is 5.28. The van der Waals surface area contributed by atoms with Crippen LogP contribution in [0.3, 0.4) is 0 Å². The molecular formula is C13H12F4O4S. The largest absolute Gasteiger partial charge is 0.459 e. The fourth-order valence-electron chi connectivity index (χ4n) is 2.05. The Morgan fingerprint density at radius 3 is 2.55 bits per heavy atom. The average Bonchev–Trinajstić information content (AvgIpc) is 2.43. The zero-order chi connectivity index (χ0) is 16.6. The molecule has 122 valence electrons. The monoisotopic (exact) mass is 340 g/mol. The molecule has 22 heavy (non-hydrogen) atoms. The number of rotatable bonds is 5. The van der Waals surface area contributed by atoms with Crippen molar-refractivity contribution in [1.82, 2.24) is 0 Å². The maximum Gasteiger partial charge on any atom is 0.459 e. The third kappa shape index (κ3) is 3.16. The molecule has 2 aliphatic rings. The van der Waals surface area contributed by atoms with Gasteiger partial charge >= 0.3 is 21.5 Å². The van der Waals surface area contributed by atoms with Gasteiger partial charge in [0.15, 0.2) is 0 Å². The lowest BCUT2D eigenvalue weighted by Crippen LogP contribution is -2.48. The molecular weight excluding hydrogens is 328 g/mol. The molecule has 1 N–H and O–H groups in total. The van der Waals surface area contributed by atoms with Crippen molar-refractivity contribution in [3.8, 4) is 0 Å². The minimum atomic E-state index is -6.29. The maximum absolute atomic E-state index is 13.2. The van der Waals surface area contributed by atoms with E-state index in [2.05, 4.69) is 4.74 Å². The highest BCUT2D eigenvalue weighted by Gasteiger charge is 2.67. The minimum absolute atomic E-state index is 0.0655.